The number of nitrogens with two attached hydrogens (primary N) is 1. The Morgan fingerprint density at radius 1 is 1.40 bits per heavy atom. The molecule has 0 bridgehead atoms. The van der Waals surface area contributed by atoms with Crippen LogP contribution in [0.3, 0.4) is 0 Å². The fourth-order valence-electron chi connectivity index (χ4n) is 2.76. The second-order valence-electron chi connectivity index (χ2n) is 5.05. The SMILES string of the molecule is N[C@@H](C(=O)N1CCC[C@H]1c1ncc[nH]1)c1ccccc1. The number of aromatic amines is 1. The van der Waals surface area contributed by atoms with E-state index in [1.165, 1.54) is 0 Å². The van der Waals surface area contributed by atoms with E-state index in [1.807, 2.05) is 35.2 Å². The predicted octanol–water partition coefficient (Wildman–Crippen LogP) is 1.77. The summed E-state index contributed by atoms with van der Waals surface area (Å²) < 4.78 is 0. The van der Waals surface area contributed by atoms with Crippen molar-refractivity contribution in [2.75, 3.05) is 6.54 Å². The zero-order valence-corrected chi connectivity index (χ0v) is 11.2. The summed E-state index contributed by atoms with van der Waals surface area (Å²) in [5, 5.41) is 0. The van der Waals surface area contributed by atoms with Crippen molar-refractivity contribution >= 4 is 5.91 Å². The highest BCUT2D eigenvalue weighted by atomic mass is 16.2. The van der Waals surface area contributed by atoms with Crippen LogP contribution in [-0.4, -0.2) is 27.3 Å². The Hall–Kier alpha value is -2.14. The Labute approximate surface area is 117 Å². The summed E-state index contributed by atoms with van der Waals surface area (Å²) in [4.78, 5) is 21.8. The summed E-state index contributed by atoms with van der Waals surface area (Å²) in [6.07, 6.45) is 5.42. The number of carbonyl (C=O) groups excluding carboxylic acids is 1. The monoisotopic (exact) mass is 270 g/mol. The van der Waals surface area contributed by atoms with Crippen molar-refractivity contribution in [3.8, 4) is 0 Å². The second-order valence-corrected chi connectivity index (χ2v) is 5.05. The van der Waals surface area contributed by atoms with E-state index >= 15 is 0 Å². The molecule has 0 aliphatic carbocycles. The van der Waals surface area contributed by atoms with Crippen molar-refractivity contribution in [2.45, 2.75) is 24.9 Å². The highest BCUT2D eigenvalue weighted by Gasteiger charge is 2.34. The van der Waals surface area contributed by atoms with Gasteiger partial charge in [-0.2, -0.15) is 0 Å². The molecule has 3 rings (SSSR count). The highest BCUT2D eigenvalue weighted by molar-refractivity contribution is 5.83. The average molecular weight is 270 g/mol. The molecule has 2 heterocycles. The first-order chi connectivity index (χ1) is 9.77. The van der Waals surface area contributed by atoms with Gasteiger partial charge in [0.25, 0.3) is 0 Å². The highest BCUT2D eigenvalue weighted by Crippen LogP contribution is 2.31. The lowest BCUT2D eigenvalue weighted by atomic mass is 10.1. The Morgan fingerprint density at radius 3 is 2.90 bits per heavy atom. The summed E-state index contributed by atoms with van der Waals surface area (Å²) in [6.45, 7) is 0.741. The maximum absolute atomic E-state index is 12.6. The molecule has 104 valence electrons. The minimum Gasteiger partial charge on any atom is -0.347 e. The predicted molar refractivity (Wildman–Crippen MR) is 75.6 cm³/mol. The summed E-state index contributed by atoms with van der Waals surface area (Å²) in [7, 11) is 0. The fourth-order valence-corrected chi connectivity index (χ4v) is 2.76. The van der Waals surface area contributed by atoms with Gasteiger partial charge in [-0.3, -0.25) is 4.79 Å². The fraction of sp³-hybridized carbons (Fsp3) is 0.333. The van der Waals surface area contributed by atoms with Crippen LogP contribution in [0.1, 0.15) is 36.3 Å². The molecule has 1 fully saturated rings. The molecule has 1 amide bonds. The third kappa shape index (κ3) is 2.32. The van der Waals surface area contributed by atoms with Gasteiger partial charge in [-0.1, -0.05) is 30.3 Å². The van der Waals surface area contributed by atoms with Gasteiger partial charge in [0, 0.05) is 18.9 Å². The molecule has 0 unspecified atom stereocenters. The van der Waals surface area contributed by atoms with Gasteiger partial charge in [0.2, 0.25) is 5.91 Å². The standard InChI is InChI=1S/C15H18N4O/c16-13(11-5-2-1-3-6-11)15(20)19-10-4-7-12(19)14-17-8-9-18-14/h1-3,5-6,8-9,12-13H,4,7,10,16H2,(H,17,18)/t12-,13+/m0/s1. The number of H-pyrrole nitrogens is 1. The van der Waals surface area contributed by atoms with Gasteiger partial charge in [-0.15, -0.1) is 0 Å². The number of amides is 1. The minimum absolute atomic E-state index is 0.0206. The number of nitrogens with one attached hydrogen (secondary N) is 1. The largest absolute Gasteiger partial charge is 0.347 e. The van der Waals surface area contributed by atoms with Gasteiger partial charge < -0.3 is 15.6 Å². The van der Waals surface area contributed by atoms with Gasteiger partial charge in [-0.05, 0) is 18.4 Å². The van der Waals surface area contributed by atoms with E-state index in [2.05, 4.69) is 9.97 Å². The van der Waals surface area contributed by atoms with Crippen LogP contribution in [0.4, 0.5) is 0 Å². The molecule has 3 N–H and O–H groups in total. The summed E-state index contributed by atoms with van der Waals surface area (Å²) in [6, 6.07) is 8.91. The summed E-state index contributed by atoms with van der Waals surface area (Å²) >= 11 is 0. The van der Waals surface area contributed by atoms with Gasteiger partial charge >= 0.3 is 0 Å². The smallest absolute Gasteiger partial charge is 0.244 e. The Kier molecular flexibility index (Phi) is 3.52. The van der Waals surface area contributed by atoms with Crippen molar-refractivity contribution in [2.24, 2.45) is 5.73 Å². The van der Waals surface area contributed by atoms with Crippen molar-refractivity contribution < 1.29 is 4.79 Å². The van der Waals surface area contributed by atoms with Crippen LogP contribution < -0.4 is 5.73 Å². The van der Waals surface area contributed by atoms with E-state index in [0.29, 0.717) is 0 Å². The third-order valence-corrected chi connectivity index (χ3v) is 3.80. The molecule has 1 aliphatic heterocycles. The molecule has 20 heavy (non-hydrogen) atoms. The summed E-state index contributed by atoms with van der Waals surface area (Å²) in [5.74, 6) is 0.811. The van der Waals surface area contributed by atoms with Crippen LogP contribution in [0.2, 0.25) is 0 Å². The minimum atomic E-state index is -0.605. The van der Waals surface area contributed by atoms with Crippen molar-refractivity contribution in [3.05, 3.63) is 54.1 Å². The number of hydrogen-bond donors (Lipinski definition) is 2. The average Bonchev–Trinajstić information content (AvgIpc) is 3.16. The van der Waals surface area contributed by atoms with E-state index in [-0.39, 0.29) is 11.9 Å². The molecule has 1 aliphatic rings. The Balaban J connectivity index is 1.79. The lowest BCUT2D eigenvalue weighted by Crippen LogP contribution is -2.38. The van der Waals surface area contributed by atoms with Crippen LogP contribution in [0, 0.1) is 0 Å². The number of benzene rings is 1. The number of carbonyl (C=O) groups is 1. The van der Waals surface area contributed by atoms with Gasteiger partial charge in [-0.25, -0.2) is 4.98 Å². The molecule has 5 heteroatoms. The third-order valence-electron chi connectivity index (χ3n) is 3.80. The van der Waals surface area contributed by atoms with Crippen LogP contribution in [0.25, 0.3) is 0 Å². The molecule has 1 aromatic carbocycles. The van der Waals surface area contributed by atoms with Crippen molar-refractivity contribution in [1.29, 1.82) is 0 Å². The van der Waals surface area contributed by atoms with E-state index < -0.39 is 6.04 Å². The lowest BCUT2D eigenvalue weighted by molar-refractivity contribution is -0.133. The zero-order chi connectivity index (χ0) is 13.9. The van der Waals surface area contributed by atoms with E-state index in [1.54, 1.807) is 12.4 Å². The molecule has 1 saturated heterocycles. The van der Waals surface area contributed by atoms with Crippen molar-refractivity contribution in [1.82, 2.24) is 14.9 Å². The number of likely N-dealkylation sites (tertiary alicyclic amines) is 1. The molecular formula is C15H18N4O. The number of hydrogen-bond acceptors (Lipinski definition) is 3. The van der Waals surface area contributed by atoms with Crippen LogP contribution in [-0.2, 0) is 4.79 Å². The molecule has 2 aromatic rings. The van der Waals surface area contributed by atoms with Gasteiger partial charge in [0.15, 0.2) is 0 Å². The van der Waals surface area contributed by atoms with E-state index in [9.17, 15) is 4.79 Å². The normalized spacial score (nSPS) is 20.1. The number of aromatic nitrogens is 2. The molecule has 0 radical (unpaired) electrons. The lowest BCUT2D eigenvalue weighted by Gasteiger charge is -2.26. The van der Waals surface area contributed by atoms with Crippen molar-refractivity contribution in [3.63, 3.8) is 0 Å². The quantitative estimate of drug-likeness (QED) is 0.892. The number of imidazole rings is 1. The molecule has 5 nitrogen and oxygen atoms in total. The molecule has 0 spiro atoms. The second kappa shape index (κ2) is 5.46. The maximum Gasteiger partial charge on any atom is 0.244 e. The maximum atomic E-state index is 12.6. The zero-order valence-electron chi connectivity index (χ0n) is 11.2. The van der Waals surface area contributed by atoms with Crippen LogP contribution >= 0.6 is 0 Å². The molecule has 2 atom stereocenters. The van der Waals surface area contributed by atoms with Gasteiger partial charge in [0.1, 0.15) is 11.9 Å². The van der Waals surface area contributed by atoms with Gasteiger partial charge in [0.05, 0.1) is 6.04 Å². The van der Waals surface area contributed by atoms with E-state index in [0.717, 1.165) is 30.8 Å². The topological polar surface area (TPSA) is 75.0 Å². The molecule has 1 aromatic heterocycles. The Bertz CT molecular complexity index is 567. The number of nitrogens with zero attached hydrogens (tertiary/aromatic N) is 2. The summed E-state index contributed by atoms with van der Waals surface area (Å²) in [5.41, 5.74) is 6.96. The molecule has 0 saturated carbocycles. The first-order valence-corrected chi connectivity index (χ1v) is 6.87. The first kappa shape index (κ1) is 12.9. The molecular weight excluding hydrogens is 252 g/mol. The van der Waals surface area contributed by atoms with E-state index in [4.69, 9.17) is 5.73 Å². The first-order valence-electron chi connectivity index (χ1n) is 6.87. The number of rotatable bonds is 3. The Morgan fingerprint density at radius 2 is 2.20 bits per heavy atom. The van der Waals surface area contributed by atoms with Crippen LogP contribution in [0.15, 0.2) is 42.7 Å². The van der Waals surface area contributed by atoms with Crippen LogP contribution in [0.5, 0.6) is 0 Å².